The molecule has 2 unspecified atom stereocenters. The Labute approximate surface area is 183 Å². The second-order valence-corrected chi connectivity index (χ2v) is 11.4. The van der Waals surface area contributed by atoms with Crippen molar-refractivity contribution in [3.05, 3.63) is 58.6 Å². The molecule has 4 saturated carbocycles. The summed E-state index contributed by atoms with van der Waals surface area (Å²) in [6, 6.07) is 17.0. The van der Waals surface area contributed by atoms with Crippen molar-refractivity contribution in [2.45, 2.75) is 43.9 Å². The van der Waals surface area contributed by atoms with Crippen LogP contribution in [0.5, 0.6) is 0 Å². The number of carbonyl (C=O) groups is 1. The van der Waals surface area contributed by atoms with Crippen molar-refractivity contribution in [3.63, 3.8) is 0 Å². The molecular formula is C24H23BrN2OS. The maximum Gasteiger partial charge on any atom is 0.232 e. The highest BCUT2D eigenvalue weighted by molar-refractivity contribution is 9.10. The summed E-state index contributed by atoms with van der Waals surface area (Å²) in [7, 11) is 0. The topological polar surface area (TPSA) is 42.0 Å². The van der Waals surface area contributed by atoms with Crippen LogP contribution in [0.4, 0.5) is 5.13 Å². The van der Waals surface area contributed by atoms with Gasteiger partial charge in [-0.2, -0.15) is 0 Å². The number of nitrogens with one attached hydrogen (secondary N) is 1. The number of rotatable bonds is 3. The third-order valence-corrected chi connectivity index (χ3v) is 8.93. The molecule has 1 amide bonds. The summed E-state index contributed by atoms with van der Waals surface area (Å²) < 4.78 is 2.14. The lowest BCUT2D eigenvalue weighted by Gasteiger charge is -2.61. The first-order valence-electron chi connectivity index (χ1n) is 10.5. The molecule has 0 saturated heterocycles. The van der Waals surface area contributed by atoms with Crippen molar-refractivity contribution in [3.8, 4) is 0 Å². The molecule has 148 valence electrons. The van der Waals surface area contributed by atoms with Gasteiger partial charge in [0.2, 0.25) is 5.91 Å². The Balaban J connectivity index is 1.33. The summed E-state index contributed by atoms with van der Waals surface area (Å²) in [5.74, 6) is 1.55. The average molecular weight is 467 g/mol. The molecule has 4 atom stereocenters. The number of hydrogen-bond acceptors (Lipinski definition) is 3. The van der Waals surface area contributed by atoms with Crippen LogP contribution in [0.25, 0.3) is 10.2 Å². The van der Waals surface area contributed by atoms with Crippen molar-refractivity contribution in [2.75, 3.05) is 5.32 Å². The Morgan fingerprint density at radius 3 is 2.59 bits per heavy atom. The predicted octanol–water partition coefficient (Wildman–Crippen LogP) is 6.54. The van der Waals surface area contributed by atoms with Crippen LogP contribution in [-0.2, 0) is 10.2 Å². The van der Waals surface area contributed by atoms with Crippen LogP contribution in [-0.4, -0.2) is 10.9 Å². The summed E-state index contributed by atoms with van der Waals surface area (Å²) in [4.78, 5) is 18.3. The average Bonchev–Trinajstić information content (AvgIpc) is 3.09. The van der Waals surface area contributed by atoms with Crippen molar-refractivity contribution < 1.29 is 4.79 Å². The van der Waals surface area contributed by atoms with E-state index in [1.807, 2.05) is 12.1 Å². The quantitative estimate of drug-likeness (QED) is 0.476. The zero-order valence-electron chi connectivity index (χ0n) is 16.2. The minimum atomic E-state index is -0.238. The molecule has 5 heteroatoms. The molecule has 0 radical (unpaired) electrons. The van der Waals surface area contributed by atoms with Gasteiger partial charge in [0, 0.05) is 4.47 Å². The van der Waals surface area contributed by atoms with Crippen molar-refractivity contribution in [2.24, 2.45) is 17.3 Å². The molecule has 1 heterocycles. The molecule has 3 aromatic rings. The standard InChI is InChI=1S/C24H23BrN2OS/c25-18-6-7-19-20(9-18)29-22(26-19)27-21(28)24-12-15-8-16(13-24)11-23(10-15,14-24)17-4-2-1-3-5-17/h1-7,9,15-16H,8,10-14H2,(H,26,27,28)/t15-,16+,23?,24?. The van der Waals surface area contributed by atoms with Gasteiger partial charge in [0.1, 0.15) is 0 Å². The van der Waals surface area contributed by atoms with Gasteiger partial charge < -0.3 is 5.32 Å². The first-order valence-corrected chi connectivity index (χ1v) is 12.1. The molecule has 4 bridgehead atoms. The van der Waals surface area contributed by atoms with Crippen molar-refractivity contribution >= 4 is 48.5 Å². The fourth-order valence-electron chi connectivity index (χ4n) is 6.84. The molecule has 0 spiro atoms. The Hall–Kier alpha value is -1.72. The maximum atomic E-state index is 13.6. The third-order valence-electron chi connectivity index (χ3n) is 7.50. The van der Waals surface area contributed by atoms with Gasteiger partial charge in [0.15, 0.2) is 5.13 Å². The molecule has 3 nitrogen and oxygen atoms in total. The van der Waals surface area contributed by atoms with E-state index < -0.39 is 0 Å². The summed E-state index contributed by atoms with van der Waals surface area (Å²) in [5, 5.41) is 3.96. The SMILES string of the molecule is O=C(Nc1nc2ccc(Br)cc2s1)C12C[C@H]3C[C@@H](C1)CC(c1ccccc1)(C3)C2. The molecule has 1 N–H and O–H groups in total. The lowest BCUT2D eigenvalue weighted by molar-refractivity contribution is -0.143. The zero-order valence-corrected chi connectivity index (χ0v) is 18.6. The van der Waals surface area contributed by atoms with Crippen LogP contribution in [0.3, 0.4) is 0 Å². The first-order chi connectivity index (χ1) is 14.0. The second-order valence-electron chi connectivity index (χ2n) is 9.47. The van der Waals surface area contributed by atoms with E-state index in [2.05, 4.69) is 62.6 Å². The van der Waals surface area contributed by atoms with E-state index in [1.165, 1.54) is 24.8 Å². The molecule has 0 aliphatic heterocycles. The largest absolute Gasteiger partial charge is 0.301 e. The second kappa shape index (κ2) is 6.39. The highest BCUT2D eigenvalue weighted by Crippen LogP contribution is 2.66. The van der Waals surface area contributed by atoms with Gasteiger partial charge >= 0.3 is 0 Å². The summed E-state index contributed by atoms with van der Waals surface area (Å²) in [6.45, 7) is 0. The van der Waals surface area contributed by atoms with E-state index in [0.29, 0.717) is 11.8 Å². The number of nitrogens with zero attached hydrogens (tertiary/aromatic N) is 1. The van der Waals surface area contributed by atoms with Crippen LogP contribution >= 0.6 is 27.3 Å². The number of amides is 1. The fraction of sp³-hybridized carbons (Fsp3) is 0.417. The van der Waals surface area contributed by atoms with E-state index in [1.54, 1.807) is 11.3 Å². The first kappa shape index (κ1) is 18.1. The van der Waals surface area contributed by atoms with Gasteiger partial charge in [0.05, 0.1) is 15.6 Å². The molecule has 4 aliphatic rings. The Bertz CT molecular complexity index is 1090. The molecular weight excluding hydrogens is 444 g/mol. The third kappa shape index (κ3) is 2.89. The number of halogens is 1. The highest BCUT2D eigenvalue weighted by Gasteiger charge is 2.60. The Kier molecular flexibility index (Phi) is 3.98. The maximum absolute atomic E-state index is 13.6. The van der Waals surface area contributed by atoms with E-state index in [-0.39, 0.29) is 16.7 Å². The number of carbonyl (C=O) groups excluding carboxylic acids is 1. The molecule has 1 aromatic heterocycles. The number of anilines is 1. The van der Waals surface area contributed by atoms with Gasteiger partial charge in [0.25, 0.3) is 0 Å². The number of thiazole rings is 1. The molecule has 4 aliphatic carbocycles. The summed E-state index contributed by atoms with van der Waals surface area (Å²) in [6.07, 6.45) is 6.87. The minimum absolute atomic E-state index is 0.182. The number of fused-ring (bicyclic) bond motifs is 1. The molecule has 4 fully saturated rings. The Morgan fingerprint density at radius 1 is 1.07 bits per heavy atom. The summed E-state index contributed by atoms with van der Waals surface area (Å²) >= 11 is 5.09. The monoisotopic (exact) mass is 466 g/mol. The van der Waals surface area contributed by atoms with E-state index in [0.717, 1.165) is 39.1 Å². The van der Waals surface area contributed by atoms with Crippen LogP contribution in [0.15, 0.2) is 53.0 Å². The molecule has 2 aromatic carbocycles. The highest BCUT2D eigenvalue weighted by atomic mass is 79.9. The van der Waals surface area contributed by atoms with Crippen molar-refractivity contribution in [1.82, 2.24) is 4.98 Å². The van der Waals surface area contributed by atoms with Crippen LogP contribution in [0.2, 0.25) is 0 Å². The fourth-order valence-corrected chi connectivity index (χ4v) is 8.25. The van der Waals surface area contributed by atoms with Gasteiger partial charge in [-0.1, -0.05) is 57.6 Å². The van der Waals surface area contributed by atoms with Crippen molar-refractivity contribution in [1.29, 1.82) is 0 Å². The summed E-state index contributed by atoms with van der Waals surface area (Å²) in [5.41, 5.74) is 2.33. The van der Waals surface area contributed by atoms with Gasteiger partial charge in [-0.05, 0) is 79.5 Å². The number of hydrogen-bond donors (Lipinski definition) is 1. The molecule has 29 heavy (non-hydrogen) atoms. The van der Waals surface area contributed by atoms with Crippen LogP contribution < -0.4 is 5.32 Å². The normalized spacial score (nSPS) is 32.6. The zero-order chi connectivity index (χ0) is 19.6. The van der Waals surface area contributed by atoms with E-state index >= 15 is 0 Å². The molecule has 7 rings (SSSR count). The van der Waals surface area contributed by atoms with Crippen LogP contribution in [0, 0.1) is 17.3 Å². The van der Waals surface area contributed by atoms with Gasteiger partial charge in [-0.25, -0.2) is 4.98 Å². The van der Waals surface area contributed by atoms with Gasteiger partial charge in [-0.3, -0.25) is 4.79 Å². The predicted molar refractivity (Wildman–Crippen MR) is 121 cm³/mol. The lowest BCUT2D eigenvalue weighted by atomic mass is 9.42. The van der Waals surface area contributed by atoms with Gasteiger partial charge in [-0.15, -0.1) is 0 Å². The number of benzene rings is 2. The smallest absolute Gasteiger partial charge is 0.232 e. The minimum Gasteiger partial charge on any atom is -0.301 e. The van der Waals surface area contributed by atoms with E-state index in [4.69, 9.17) is 0 Å². The van der Waals surface area contributed by atoms with Crippen LogP contribution in [0.1, 0.15) is 44.1 Å². The van der Waals surface area contributed by atoms with E-state index in [9.17, 15) is 4.79 Å². The Morgan fingerprint density at radius 2 is 1.83 bits per heavy atom. The lowest BCUT2D eigenvalue weighted by Crippen LogP contribution is -2.57. The number of aromatic nitrogens is 1.